The summed E-state index contributed by atoms with van der Waals surface area (Å²) in [5, 5.41) is 6.93. The van der Waals surface area contributed by atoms with Crippen molar-refractivity contribution < 1.29 is 9.47 Å². The molecule has 0 fully saturated rings. The van der Waals surface area contributed by atoms with Crippen molar-refractivity contribution in [2.45, 2.75) is 26.2 Å². The fraction of sp³-hybridized carbons (Fsp3) is 0.200. The molecule has 4 heteroatoms. The zero-order valence-electron chi connectivity index (χ0n) is 19.5. The predicted octanol–water partition coefficient (Wildman–Crippen LogP) is 5.72. The highest BCUT2D eigenvalue weighted by Gasteiger charge is 2.00. The maximum absolute atomic E-state index is 5.82. The third-order valence-electron chi connectivity index (χ3n) is 5.47. The number of hydrogen-bond acceptors (Lipinski definition) is 4. The number of rotatable bonds is 13. The molecule has 0 saturated carbocycles. The van der Waals surface area contributed by atoms with Crippen molar-refractivity contribution in [3.63, 3.8) is 0 Å². The summed E-state index contributed by atoms with van der Waals surface area (Å²) >= 11 is 0. The van der Waals surface area contributed by atoms with Crippen LogP contribution in [0.25, 0.3) is 0 Å². The van der Waals surface area contributed by atoms with Gasteiger partial charge < -0.3 is 20.1 Å². The second-order valence-electron chi connectivity index (χ2n) is 8.16. The van der Waals surface area contributed by atoms with Crippen LogP contribution >= 0.6 is 0 Å². The summed E-state index contributed by atoms with van der Waals surface area (Å²) < 4.78 is 11.6. The minimum Gasteiger partial charge on any atom is -0.490 e. The van der Waals surface area contributed by atoms with E-state index in [1.807, 2.05) is 36.4 Å². The molecule has 0 bridgehead atoms. The first-order valence-electron chi connectivity index (χ1n) is 11.8. The summed E-state index contributed by atoms with van der Waals surface area (Å²) in [4.78, 5) is 0. The Morgan fingerprint density at radius 3 is 1.06 bits per heavy atom. The Kier molecular flexibility index (Phi) is 9.14. The molecule has 0 amide bonds. The van der Waals surface area contributed by atoms with E-state index < -0.39 is 0 Å². The van der Waals surface area contributed by atoms with Crippen molar-refractivity contribution in [3.8, 4) is 11.5 Å². The van der Waals surface area contributed by atoms with E-state index >= 15 is 0 Å². The average molecular weight is 453 g/mol. The van der Waals surface area contributed by atoms with Crippen LogP contribution in [0.3, 0.4) is 0 Å². The van der Waals surface area contributed by atoms with E-state index in [9.17, 15) is 0 Å². The van der Waals surface area contributed by atoms with Gasteiger partial charge in [-0.2, -0.15) is 0 Å². The molecule has 0 unspecified atom stereocenters. The van der Waals surface area contributed by atoms with Crippen molar-refractivity contribution in [3.05, 3.63) is 131 Å². The monoisotopic (exact) mass is 452 g/mol. The molecule has 4 nitrogen and oxygen atoms in total. The lowest BCUT2D eigenvalue weighted by atomic mass is 10.2. The lowest BCUT2D eigenvalue weighted by molar-refractivity contribution is 0.217. The highest BCUT2D eigenvalue weighted by molar-refractivity contribution is 5.28. The van der Waals surface area contributed by atoms with Crippen LogP contribution in [0.5, 0.6) is 11.5 Å². The fourth-order valence-electron chi connectivity index (χ4n) is 3.62. The second kappa shape index (κ2) is 13.2. The van der Waals surface area contributed by atoms with Crippen molar-refractivity contribution in [2.24, 2.45) is 0 Å². The minimum atomic E-state index is 0.506. The first-order valence-corrected chi connectivity index (χ1v) is 11.8. The molecule has 0 aliphatic carbocycles. The molecule has 0 spiro atoms. The molecule has 4 aromatic carbocycles. The van der Waals surface area contributed by atoms with Crippen LogP contribution < -0.4 is 20.1 Å². The Morgan fingerprint density at radius 1 is 0.382 bits per heavy atom. The largest absolute Gasteiger partial charge is 0.490 e. The standard InChI is InChI=1S/C30H32N2O2/c1-3-7-25(8-4-1)21-31-23-27-11-15-29(16-12-27)33-19-20-34-30-17-13-28(14-18-30)24-32-22-26-9-5-2-6-10-26/h1-18,31-32H,19-24H2. The maximum atomic E-state index is 5.82. The quantitative estimate of drug-likeness (QED) is 0.255. The molecule has 4 aromatic rings. The molecule has 0 aliphatic heterocycles. The van der Waals surface area contributed by atoms with Crippen molar-refractivity contribution in [2.75, 3.05) is 13.2 Å². The smallest absolute Gasteiger partial charge is 0.122 e. The molecule has 0 aromatic heterocycles. The van der Waals surface area contributed by atoms with Crippen LogP contribution in [0, 0.1) is 0 Å². The van der Waals surface area contributed by atoms with Crippen molar-refractivity contribution in [1.82, 2.24) is 10.6 Å². The molecular weight excluding hydrogens is 420 g/mol. The molecule has 0 aliphatic rings. The average Bonchev–Trinajstić information content (AvgIpc) is 2.90. The van der Waals surface area contributed by atoms with Gasteiger partial charge in [0.05, 0.1) is 0 Å². The van der Waals surface area contributed by atoms with E-state index in [0.717, 1.165) is 37.7 Å². The number of hydrogen-bond donors (Lipinski definition) is 2. The van der Waals surface area contributed by atoms with Crippen molar-refractivity contribution in [1.29, 1.82) is 0 Å². The van der Waals surface area contributed by atoms with Gasteiger partial charge in [-0.3, -0.25) is 0 Å². The second-order valence-corrected chi connectivity index (χ2v) is 8.16. The van der Waals surface area contributed by atoms with E-state index in [2.05, 4.69) is 83.4 Å². The predicted molar refractivity (Wildman–Crippen MR) is 138 cm³/mol. The van der Waals surface area contributed by atoms with Gasteiger partial charge in [0, 0.05) is 26.2 Å². The SMILES string of the molecule is c1ccc(CNCc2ccc(OCCOc3ccc(CNCc4ccccc4)cc3)cc2)cc1. The summed E-state index contributed by atoms with van der Waals surface area (Å²) in [6, 6.07) is 37.3. The molecule has 0 heterocycles. The Bertz CT molecular complexity index is 991. The summed E-state index contributed by atoms with van der Waals surface area (Å²) in [7, 11) is 0. The highest BCUT2D eigenvalue weighted by atomic mass is 16.5. The fourth-order valence-corrected chi connectivity index (χ4v) is 3.62. The normalized spacial score (nSPS) is 10.7. The van der Waals surface area contributed by atoms with E-state index in [4.69, 9.17) is 9.47 Å². The number of benzene rings is 4. The van der Waals surface area contributed by atoms with E-state index in [0.29, 0.717) is 13.2 Å². The van der Waals surface area contributed by atoms with Gasteiger partial charge in [0.1, 0.15) is 24.7 Å². The molecule has 4 rings (SSSR count). The lowest BCUT2D eigenvalue weighted by Gasteiger charge is -2.10. The van der Waals surface area contributed by atoms with Crippen LogP contribution in [0.2, 0.25) is 0 Å². The van der Waals surface area contributed by atoms with Gasteiger partial charge in [0.2, 0.25) is 0 Å². The molecule has 2 N–H and O–H groups in total. The summed E-state index contributed by atoms with van der Waals surface area (Å²) in [6.07, 6.45) is 0. The highest BCUT2D eigenvalue weighted by Crippen LogP contribution is 2.14. The number of ether oxygens (including phenoxy) is 2. The topological polar surface area (TPSA) is 42.5 Å². The van der Waals surface area contributed by atoms with Gasteiger partial charge in [0.15, 0.2) is 0 Å². The Morgan fingerprint density at radius 2 is 0.706 bits per heavy atom. The third kappa shape index (κ3) is 8.07. The van der Waals surface area contributed by atoms with Gasteiger partial charge in [-0.05, 0) is 46.5 Å². The minimum absolute atomic E-state index is 0.506. The molecule has 0 radical (unpaired) electrons. The summed E-state index contributed by atoms with van der Waals surface area (Å²) in [5.41, 5.74) is 5.05. The van der Waals surface area contributed by atoms with Gasteiger partial charge in [-0.1, -0.05) is 84.9 Å². The van der Waals surface area contributed by atoms with Gasteiger partial charge in [-0.25, -0.2) is 0 Å². The number of nitrogens with one attached hydrogen (secondary N) is 2. The van der Waals surface area contributed by atoms with E-state index in [1.165, 1.54) is 22.3 Å². The first-order chi connectivity index (χ1) is 16.8. The van der Waals surface area contributed by atoms with Gasteiger partial charge in [0.25, 0.3) is 0 Å². The molecule has 0 atom stereocenters. The first kappa shape index (κ1) is 23.6. The Hall–Kier alpha value is -3.60. The molecule has 0 saturated heterocycles. The third-order valence-corrected chi connectivity index (χ3v) is 5.47. The van der Waals surface area contributed by atoms with Crippen LogP contribution in [-0.4, -0.2) is 13.2 Å². The van der Waals surface area contributed by atoms with Crippen LogP contribution in [0.4, 0.5) is 0 Å². The zero-order chi connectivity index (χ0) is 23.3. The molecule has 34 heavy (non-hydrogen) atoms. The molecular formula is C30H32N2O2. The lowest BCUT2D eigenvalue weighted by Crippen LogP contribution is -2.13. The Labute approximate surface area is 202 Å². The van der Waals surface area contributed by atoms with Crippen LogP contribution in [0.1, 0.15) is 22.3 Å². The molecule has 174 valence electrons. The van der Waals surface area contributed by atoms with Crippen LogP contribution in [0.15, 0.2) is 109 Å². The maximum Gasteiger partial charge on any atom is 0.122 e. The van der Waals surface area contributed by atoms with Gasteiger partial charge >= 0.3 is 0 Å². The van der Waals surface area contributed by atoms with Crippen LogP contribution in [-0.2, 0) is 26.2 Å². The van der Waals surface area contributed by atoms with E-state index in [-0.39, 0.29) is 0 Å². The van der Waals surface area contributed by atoms with Gasteiger partial charge in [-0.15, -0.1) is 0 Å². The summed E-state index contributed by atoms with van der Waals surface area (Å²) in [5.74, 6) is 1.71. The Balaban J connectivity index is 1.10. The van der Waals surface area contributed by atoms with E-state index in [1.54, 1.807) is 0 Å². The summed E-state index contributed by atoms with van der Waals surface area (Å²) in [6.45, 7) is 4.40. The zero-order valence-corrected chi connectivity index (χ0v) is 19.5. The van der Waals surface area contributed by atoms with Crippen molar-refractivity contribution >= 4 is 0 Å².